The lowest BCUT2D eigenvalue weighted by atomic mass is 10.2. The van der Waals surface area contributed by atoms with E-state index in [1.54, 1.807) is 45.2 Å². The first-order chi connectivity index (χ1) is 11.5. The fourth-order valence-corrected chi connectivity index (χ4v) is 2.35. The Hall–Kier alpha value is -2.69. The van der Waals surface area contributed by atoms with Crippen LogP contribution in [0.1, 0.15) is 12.5 Å². The fraction of sp³-hybridized carbons (Fsp3) is 0.316. The molecule has 2 aromatic rings. The Morgan fingerprint density at radius 2 is 1.62 bits per heavy atom. The van der Waals surface area contributed by atoms with Crippen LogP contribution in [-0.2, 0) is 11.3 Å². The van der Waals surface area contributed by atoms with Crippen molar-refractivity contribution in [3.05, 3.63) is 54.1 Å². The minimum Gasteiger partial charge on any atom is -0.497 e. The Kier molecular flexibility index (Phi) is 6.07. The normalized spacial score (nSPS) is 11.5. The monoisotopic (exact) mass is 329 g/mol. The number of hydrogen-bond donors (Lipinski definition) is 0. The van der Waals surface area contributed by atoms with Crippen molar-refractivity contribution < 1.29 is 19.0 Å². The standard InChI is InChI=1S/C19H23NO4/c1-14(24-18-8-6-5-7-17(18)23-4)19(21)20(2)13-15-9-11-16(22-3)12-10-15/h5-12,14H,13H2,1-4H3. The minimum atomic E-state index is -0.607. The van der Waals surface area contributed by atoms with Crippen LogP contribution < -0.4 is 14.2 Å². The molecule has 0 spiro atoms. The van der Waals surface area contributed by atoms with Crippen molar-refractivity contribution in [3.8, 4) is 17.2 Å². The molecule has 1 unspecified atom stereocenters. The molecule has 0 bridgehead atoms. The van der Waals surface area contributed by atoms with E-state index in [0.29, 0.717) is 18.0 Å². The average Bonchev–Trinajstić information content (AvgIpc) is 2.62. The number of para-hydroxylation sites is 2. The number of nitrogens with zero attached hydrogens (tertiary/aromatic N) is 1. The molecule has 0 aliphatic carbocycles. The van der Waals surface area contributed by atoms with Crippen molar-refractivity contribution in [2.75, 3.05) is 21.3 Å². The van der Waals surface area contributed by atoms with Gasteiger partial charge in [-0.1, -0.05) is 24.3 Å². The van der Waals surface area contributed by atoms with Gasteiger partial charge in [0.2, 0.25) is 0 Å². The zero-order valence-corrected chi connectivity index (χ0v) is 14.5. The third kappa shape index (κ3) is 4.41. The van der Waals surface area contributed by atoms with Gasteiger partial charge >= 0.3 is 0 Å². The number of likely N-dealkylation sites (N-methyl/N-ethyl adjacent to an activating group) is 1. The summed E-state index contributed by atoms with van der Waals surface area (Å²) in [5.41, 5.74) is 1.02. The lowest BCUT2D eigenvalue weighted by Gasteiger charge is -2.23. The van der Waals surface area contributed by atoms with Gasteiger partial charge in [-0.3, -0.25) is 4.79 Å². The van der Waals surface area contributed by atoms with Crippen molar-refractivity contribution in [2.45, 2.75) is 19.6 Å². The Balaban J connectivity index is 1.98. The molecular weight excluding hydrogens is 306 g/mol. The maximum absolute atomic E-state index is 12.5. The Labute approximate surface area is 142 Å². The second-order valence-electron chi connectivity index (χ2n) is 5.45. The van der Waals surface area contributed by atoms with E-state index in [4.69, 9.17) is 14.2 Å². The van der Waals surface area contributed by atoms with Crippen LogP contribution in [0.5, 0.6) is 17.2 Å². The SMILES string of the molecule is COc1ccc(CN(C)C(=O)C(C)Oc2ccccc2OC)cc1. The van der Waals surface area contributed by atoms with Crippen molar-refractivity contribution in [2.24, 2.45) is 0 Å². The van der Waals surface area contributed by atoms with Gasteiger partial charge in [-0.25, -0.2) is 0 Å². The molecule has 24 heavy (non-hydrogen) atoms. The van der Waals surface area contributed by atoms with Crippen molar-refractivity contribution in [3.63, 3.8) is 0 Å². The first-order valence-electron chi connectivity index (χ1n) is 7.72. The first kappa shape index (κ1) is 17.7. The van der Waals surface area contributed by atoms with Crippen molar-refractivity contribution in [1.29, 1.82) is 0 Å². The zero-order chi connectivity index (χ0) is 17.5. The molecule has 0 aliphatic rings. The van der Waals surface area contributed by atoms with Gasteiger partial charge in [0.05, 0.1) is 14.2 Å². The van der Waals surface area contributed by atoms with Crippen LogP contribution in [0.3, 0.4) is 0 Å². The summed E-state index contributed by atoms with van der Waals surface area (Å²) in [6.45, 7) is 2.24. The van der Waals surface area contributed by atoms with Gasteiger partial charge in [-0.05, 0) is 36.8 Å². The highest BCUT2D eigenvalue weighted by Crippen LogP contribution is 2.27. The second kappa shape index (κ2) is 8.24. The van der Waals surface area contributed by atoms with Gasteiger partial charge in [0, 0.05) is 13.6 Å². The van der Waals surface area contributed by atoms with Gasteiger partial charge < -0.3 is 19.1 Å². The maximum atomic E-state index is 12.5. The lowest BCUT2D eigenvalue weighted by Crippen LogP contribution is -2.37. The number of amides is 1. The zero-order valence-electron chi connectivity index (χ0n) is 14.5. The summed E-state index contributed by atoms with van der Waals surface area (Å²) in [5.74, 6) is 1.85. The van der Waals surface area contributed by atoms with E-state index < -0.39 is 6.10 Å². The number of rotatable bonds is 7. The molecule has 0 heterocycles. The summed E-state index contributed by atoms with van der Waals surface area (Å²) in [6.07, 6.45) is -0.607. The molecule has 0 fully saturated rings. The molecule has 1 amide bonds. The van der Waals surface area contributed by atoms with Crippen LogP contribution in [0.2, 0.25) is 0 Å². The molecule has 2 aromatic carbocycles. The van der Waals surface area contributed by atoms with Gasteiger partial charge in [-0.15, -0.1) is 0 Å². The quantitative estimate of drug-likeness (QED) is 0.783. The van der Waals surface area contributed by atoms with Crippen LogP contribution >= 0.6 is 0 Å². The summed E-state index contributed by atoms with van der Waals surface area (Å²) in [7, 11) is 4.96. The number of benzene rings is 2. The molecule has 2 rings (SSSR count). The number of ether oxygens (including phenoxy) is 3. The molecule has 0 aromatic heterocycles. The minimum absolute atomic E-state index is 0.100. The fourth-order valence-electron chi connectivity index (χ4n) is 2.35. The summed E-state index contributed by atoms with van der Waals surface area (Å²) in [4.78, 5) is 14.2. The summed E-state index contributed by atoms with van der Waals surface area (Å²) >= 11 is 0. The van der Waals surface area contributed by atoms with E-state index in [0.717, 1.165) is 11.3 Å². The van der Waals surface area contributed by atoms with E-state index in [2.05, 4.69) is 0 Å². The molecule has 1 atom stereocenters. The number of carbonyl (C=O) groups excluding carboxylic acids is 1. The highest BCUT2D eigenvalue weighted by Gasteiger charge is 2.20. The predicted octanol–water partition coefficient (Wildman–Crippen LogP) is 3.13. The van der Waals surface area contributed by atoms with Gasteiger partial charge in [0.15, 0.2) is 17.6 Å². The van der Waals surface area contributed by atoms with Crippen LogP contribution in [0.25, 0.3) is 0 Å². The Bertz CT molecular complexity index is 669. The van der Waals surface area contributed by atoms with E-state index in [9.17, 15) is 4.79 Å². The third-order valence-electron chi connectivity index (χ3n) is 3.68. The van der Waals surface area contributed by atoms with E-state index >= 15 is 0 Å². The highest BCUT2D eigenvalue weighted by atomic mass is 16.5. The van der Waals surface area contributed by atoms with Crippen LogP contribution in [0.4, 0.5) is 0 Å². The molecule has 0 N–H and O–H groups in total. The summed E-state index contributed by atoms with van der Waals surface area (Å²) < 4.78 is 16.1. The predicted molar refractivity (Wildman–Crippen MR) is 92.6 cm³/mol. The second-order valence-corrected chi connectivity index (χ2v) is 5.45. The van der Waals surface area contributed by atoms with Gasteiger partial charge in [-0.2, -0.15) is 0 Å². The summed E-state index contributed by atoms with van der Waals surface area (Å²) in [5, 5.41) is 0. The summed E-state index contributed by atoms with van der Waals surface area (Å²) in [6, 6.07) is 14.9. The highest BCUT2D eigenvalue weighted by molar-refractivity contribution is 5.80. The molecule has 0 radical (unpaired) electrons. The lowest BCUT2D eigenvalue weighted by molar-refractivity contribution is -0.137. The molecular formula is C19H23NO4. The molecule has 0 aliphatic heterocycles. The number of methoxy groups -OCH3 is 2. The molecule has 128 valence electrons. The molecule has 5 heteroatoms. The van der Waals surface area contributed by atoms with Crippen LogP contribution in [-0.4, -0.2) is 38.2 Å². The Morgan fingerprint density at radius 1 is 1.00 bits per heavy atom. The number of hydrogen-bond acceptors (Lipinski definition) is 4. The number of carbonyl (C=O) groups is 1. The first-order valence-corrected chi connectivity index (χ1v) is 7.72. The Morgan fingerprint density at radius 3 is 2.21 bits per heavy atom. The largest absolute Gasteiger partial charge is 0.497 e. The van der Waals surface area contributed by atoms with Crippen molar-refractivity contribution >= 4 is 5.91 Å². The van der Waals surface area contributed by atoms with Crippen molar-refractivity contribution in [1.82, 2.24) is 4.90 Å². The molecule has 5 nitrogen and oxygen atoms in total. The maximum Gasteiger partial charge on any atom is 0.263 e. The van der Waals surface area contributed by atoms with Crippen LogP contribution in [0, 0.1) is 0 Å². The third-order valence-corrected chi connectivity index (χ3v) is 3.68. The average molecular weight is 329 g/mol. The molecule has 0 saturated heterocycles. The van der Waals surface area contributed by atoms with Gasteiger partial charge in [0.25, 0.3) is 5.91 Å². The van der Waals surface area contributed by atoms with E-state index in [-0.39, 0.29) is 5.91 Å². The van der Waals surface area contributed by atoms with E-state index in [1.165, 1.54) is 0 Å². The van der Waals surface area contributed by atoms with Gasteiger partial charge in [0.1, 0.15) is 5.75 Å². The topological polar surface area (TPSA) is 48.0 Å². The molecule has 0 saturated carbocycles. The van der Waals surface area contributed by atoms with E-state index in [1.807, 2.05) is 36.4 Å². The van der Waals surface area contributed by atoms with Crippen LogP contribution in [0.15, 0.2) is 48.5 Å². The smallest absolute Gasteiger partial charge is 0.263 e.